The van der Waals surface area contributed by atoms with E-state index in [1.54, 1.807) is 4.90 Å². The highest BCUT2D eigenvalue weighted by atomic mass is 16.6. The second-order valence-electron chi connectivity index (χ2n) is 10.3. The standard InChI is InChI=1S/C28H44N4O4/c1-3-29(4-2)21-22-30(28(34)23-15-17-26(18-16-23)32(35)36)20-19-27(33)31(24-11-7-5-8-12-24)25-13-9-6-10-14-25/h15-18,24-25H,3-14,19-22H2,1-2H3. The summed E-state index contributed by atoms with van der Waals surface area (Å²) in [5.41, 5.74) is 0.385. The third-order valence-corrected chi connectivity index (χ3v) is 8.01. The van der Waals surface area contributed by atoms with Crippen molar-refractivity contribution in [1.29, 1.82) is 0 Å². The van der Waals surface area contributed by atoms with Gasteiger partial charge in [-0.05, 0) is 50.9 Å². The first-order valence-electron chi connectivity index (χ1n) is 14.0. The Morgan fingerprint density at radius 3 is 1.83 bits per heavy atom. The zero-order valence-electron chi connectivity index (χ0n) is 22.2. The molecule has 0 atom stereocenters. The third kappa shape index (κ3) is 7.76. The number of non-ortho nitro benzene ring substituents is 1. The van der Waals surface area contributed by atoms with Crippen molar-refractivity contribution in [2.24, 2.45) is 0 Å². The molecule has 0 aromatic heterocycles. The van der Waals surface area contributed by atoms with Crippen LogP contribution in [0.25, 0.3) is 0 Å². The lowest BCUT2D eigenvalue weighted by atomic mass is 9.88. The predicted molar refractivity (Wildman–Crippen MR) is 142 cm³/mol. The van der Waals surface area contributed by atoms with Crippen molar-refractivity contribution in [3.8, 4) is 0 Å². The zero-order valence-corrected chi connectivity index (χ0v) is 22.2. The van der Waals surface area contributed by atoms with Gasteiger partial charge in [0.1, 0.15) is 0 Å². The Bertz CT molecular complexity index is 826. The maximum atomic E-state index is 13.7. The highest BCUT2D eigenvalue weighted by Crippen LogP contribution is 2.31. The van der Waals surface area contributed by atoms with Crippen LogP contribution in [0.15, 0.2) is 24.3 Å². The van der Waals surface area contributed by atoms with Crippen LogP contribution in [0.2, 0.25) is 0 Å². The normalized spacial score (nSPS) is 17.2. The van der Waals surface area contributed by atoms with Crippen molar-refractivity contribution in [2.45, 2.75) is 96.6 Å². The maximum Gasteiger partial charge on any atom is 0.269 e. The molecule has 0 bridgehead atoms. The molecule has 8 nitrogen and oxygen atoms in total. The first-order chi connectivity index (χ1) is 17.4. The van der Waals surface area contributed by atoms with E-state index < -0.39 is 4.92 Å². The van der Waals surface area contributed by atoms with Crippen molar-refractivity contribution < 1.29 is 14.5 Å². The Kier molecular flexibility index (Phi) is 11.2. The highest BCUT2D eigenvalue weighted by Gasteiger charge is 2.32. The molecule has 2 fully saturated rings. The molecule has 2 amide bonds. The Hall–Kier alpha value is -2.48. The van der Waals surface area contributed by atoms with Crippen molar-refractivity contribution in [1.82, 2.24) is 14.7 Å². The van der Waals surface area contributed by atoms with E-state index in [2.05, 4.69) is 23.6 Å². The first-order valence-corrected chi connectivity index (χ1v) is 14.0. The van der Waals surface area contributed by atoms with Crippen LogP contribution >= 0.6 is 0 Å². The quantitative estimate of drug-likeness (QED) is 0.288. The smallest absolute Gasteiger partial charge is 0.269 e. The van der Waals surface area contributed by atoms with Gasteiger partial charge < -0.3 is 14.7 Å². The molecule has 36 heavy (non-hydrogen) atoms. The predicted octanol–water partition coefficient (Wildman–Crippen LogP) is 5.26. The summed E-state index contributed by atoms with van der Waals surface area (Å²) in [7, 11) is 0. The molecular weight excluding hydrogens is 456 g/mol. The fourth-order valence-electron chi connectivity index (χ4n) is 5.81. The lowest BCUT2D eigenvalue weighted by Gasteiger charge is -2.42. The first kappa shape index (κ1) is 28.1. The van der Waals surface area contributed by atoms with Crippen LogP contribution in [0.4, 0.5) is 5.69 Å². The molecule has 3 rings (SSSR count). The number of hydrogen-bond acceptors (Lipinski definition) is 5. The molecule has 0 heterocycles. The highest BCUT2D eigenvalue weighted by molar-refractivity contribution is 5.94. The number of nitro benzene ring substituents is 1. The molecule has 200 valence electrons. The molecule has 0 unspecified atom stereocenters. The fourth-order valence-corrected chi connectivity index (χ4v) is 5.81. The van der Waals surface area contributed by atoms with Crippen molar-refractivity contribution >= 4 is 17.5 Å². The molecule has 8 heteroatoms. The number of nitrogens with zero attached hydrogens (tertiary/aromatic N) is 4. The molecule has 2 aliphatic rings. The number of benzene rings is 1. The van der Waals surface area contributed by atoms with Crippen molar-refractivity contribution in [2.75, 3.05) is 32.7 Å². The molecule has 1 aromatic carbocycles. The van der Waals surface area contributed by atoms with Crippen LogP contribution in [0.3, 0.4) is 0 Å². The van der Waals surface area contributed by atoms with E-state index in [4.69, 9.17) is 0 Å². The summed E-state index contributed by atoms with van der Waals surface area (Å²) < 4.78 is 0. The van der Waals surface area contributed by atoms with Gasteiger partial charge in [-0.15, -0.1) is 0 Å². The van der Waals surface area contributed by atoms with Gasteiger partial charge in [-0.2, -0.15) is 0 Å². The van der Waals surface area contributed by atoms with Gasteiger partial charge >= 0.3 is 0 Å². The second-order valence-corrected chi connectivity index (χ2v) is 10.3. The van der Waals surface area contributed by atoms with Gasteiger partial charge in [-0.1, -0.05) is 52.4 Å². The van der Waals surface area contributed by atoms with Crippen molar-refractivity contribution in [3.63, 3.8) is 0 Å². The van der Waals surface area contributed by atoms with Crippen LogP contribution in [-0.2, 0) is 4.79 Å². The summed E-state index contributed by atoms with van der Waals surface area (Å²) in [4.78, 5) is 43.9. The number of likely N-dealkylation sites (N-methyl/N-ethyl adjacent to an activating group) is 1. The molecule has 2 saturated carbocycles. The van der Waals surface area contributed by atoms with E-state index in [1.165, 1.54) is 62.8 Å². The van der Waals surface area contributed by atoms with Gasteiger partial charge in [0.25, 0.3) is 11.6 Å². The lowest BCUT2D eigenvalue weighted by molar-refractivity contribution is -0.384. The van der Waals surface area contributed by atoms with Crippen molar-refractivity contribution in [3.05, 3.63) is 39.9 Å². The molecule has 2 aliphatic carbocycles. The summed E-state index contributed by atoms with van der Waals surface area (Å²) in [6.45, 7) is 7.61. The van der Waals surface area contributed by atoms with E-state index in [-0.39, 0.29) is 17.5 Å². The van der Waals surface area contributed by atoms with Crippen LogP contribution in [-0.4, -0.2) is 76.2 Å². The van der Waals surface area contributed by atoms with E-state index in [0.29, 0.717) is 37.2 Å². The summed E-state index contributed by atoms with van der Waals surface area (Å²) in [5.74, 6) is 0.00451. The number of rotatable bonds is 12. The third-order valence-electron chi connectivity index (χ3n) is 8.01. The zero-order chi connectivity index (χ0) is 25.9. The molecule has 1 aromatic rings. The van der Waals surface area contributed by atoms with Crippen LogP contribution in [0.1, 0.15) is 94.8 Å². The topological polar surface area (TPSA) is 87.0 Å². The minimum absolute atomic E-state index is 0.0352. The fraction of sp³-hybridized carbons (Fsp3) is 0.714. The van der Waals surface area contributed by atoms with E-state index in [9.17, 15) is 19.7 Å². The van der Waals surface area contributed by atoms with Gasteiger partial charge in [0.15, 0.2) is 0 Å². The number of amides is 2. The van der Waals surface area contributed by atoms with E-state index in [1.807, 2.05) is 0 Å². The van der Waals surface area contributed by atoms with Crippen LogP contribution in [0, 0.1) is 10.1 Å². The molecular formula is C28H44N4O4. The van der Waals surface area contributed by atoms with Crippen LogP contribution in [0.5, 0.6) is 0 Å². The molecule has 0 saturated heterocycles. The molecule has 0 aliphatic heterocycles. The number of hydrogen-bond donors (Lipinski definition) is 0. The summed E-state index contributed by atoms with van der Waals surface area (Å²) in [6, 6.07) is 6.45. The number of carbonyl (C=O) groups is 2. The van der Waals surface area contributed by atoms with E-state index in [0.717, 1.165) is 45.3 Å². The summed E-state index contributed by atoms with van der Waals surface area (Å²) >= 11 is 0. The largest absolute Gasteiger partial charge is 0.337 e. The number of carbonyl (C=O) groups excluding carboxylic acids is 2. The van der Waals surface area contributed by atoms with Gasteiger partial charge in [0, 0.05) is 55.8 Å². The minimum Gasteiger partial charge on any atom is -0.337 e. The average molecular weight is 501 g/mol. The number of nitro groups is 1. The minimum atomic E-state index is -0.462. The Balaban J connectivity index is 1.72. The molecule has 0 radical (unpaired) electrons. The van der Waals surface area contributed by atoms with Gasteiger partial charge in [0.2, 0.25) is 5.91 Å². The maximum absolute atomic E-state index is 13.7. The SMILES string of the molecule is CCN(CC)CCN(CCC(=O)N(C1CCCCC1)C1CCCCC1)C(=O)c1ccc([N+](=O)[O-])cc1. The second kappa shape index (κ2) is 14.3. The van der Waals surface area contributed by atoms with Gasteiger partial charge in [0.05, 0.1) is 4.92 Å². The summed E-state index contributed by atoms with van der Waals surface area (Å²) in [6.07, 6.45) is 12.0. The monoisotopic (exact) mass is 500 g/mol. The lowest BCUT2D eigenvalue weighted by Crippen LogP contribution is -2.50. The Morgan fingerprint density at radius 2 is 1.36 bits per heavy atom. The van der Waals surface area contributed by atoms with Gasteiger partial charge in [-0.3, -0.25) is 19.7 Å². The van der Waals surface area contributed by atoms with Crippen LogP contribution < -0.4 is 0 Å². The molecule has 0 spiro atoms. The summed E-state index contributed by atoms with van der Waals surface area (Å²) in [5, 5.41) is 11.0. The van der Waals surface area contributed by atoms with E-state index >= 15 is 0 Å². The Labute approximate surface area is 216 Å². The average Bonchev–Trinajstić information content (AvgIpc) is 2.92. The molecule has 0 N–H and O–H groups in total. The Morgan fingerprint density at radius 1 is 0.833 bits per heavy atom. The van der Waals surface area contributed by atoms with Gasteiger partial charge in [-0.25, -0.2) is 0 Å².